The van der Waals surface area contributed by atoms with Gasteiger partial charge in [-0.05, 0) is 29.3 Å². The average Bonchev–Trinajstić information content (AvgIpc) is 3.19. The molecule has 6 rings (SSSR count). The Morgan fingerprint density at radius 2 is 1.10 bits per heavy atom. The molecule has 2 heteroatoms. The molecule has 0 spiro atoms. The van der Waals surface area contributed by atoms with Gasteiger partial charge in [0.15, 0.2) is 0 Å². The molecule has 4 aromatic carbocycles. The largest absolute Gasteiger partial charge is 0.333 e. The highest BCUT2D eigenvalue weighted by molar-refractivity contribution is 6.09. The van der Waals surface area contributed by atoms with Crippen molar-refractivity contribution in [3.05, 3.63) is 126 Å². The fourth-order valence-corrected chi connectivity index (χ4v) is 4.73. The van der Waals surface area contributed by atoms with E-state index >= 15 is 0 Å². The summed E-state index contributed by atoms with van der Waals surface area (Å²) in [6, 6.07) is 38.7. The van der Waals surface area contributed by atoms with Crippen molar-refractivity contribution in [1.82, 2.24) is 4.57 Å². The molecule has 1 aliphatic rings. The summed E-state index contributed by atoms with van der Waals surface area (Å²) in [5.41, 5.74) is 7.06. The lowest BCUT2D eigenvalue weighted by Crippen LogP contribution is -2.17. The smallest absolute Gasteiger partial charge is 0.0686 e. The molecule has 1 atom stereocenters. The molecule has 0 aliphatic carbocycles. The van der Waals surface area contributed by atoms with Crippen molar-refractivity contribution in [2.24, 2.45) is 4.99 Å². The number of allylic oxidation sites excluding steroid dienone is 1. The summed E-state index contributed by atoms with van der Waals surface area (Å²) in [6.45, 7) is 0. The van der Waals surface area contributed by atoms with Crippen LogP contribution in [0.3, 0.4) is 0 Å². The third-order valence-corrected chi connectivity index (χ3v) is 6.13. The quantitative estimate of drug-likeness (QED) is 0.304. The van der Waals surface area contributed by atoms with Crippen LogP contribution in [0.5, 0.6) is 0 Å². The molecule has 5 aromatic rings. The van der Waals surface area contributed by atoms with Gasteiger partial charge in [-0.2, -0.15) is 0 Å². The van der Waals surface area contributed by atoms with Gasteiger partial charge in [-0.1, -0.05) is 97.1 Å². The van der Waals surface area contributed by atoms with Gasteiger partial charge in [-0.3, -0.25) is 4.99 Å². The average molecular weight is 399 g/mol. The van der Waals surface area contributed by atoms with Gasteiger partial charge in [0.1, 0.15) is 0 Å². The fraction of sp³-hybridized carbons (Fsp3) is 0.0690. The lowest BCUT2D eigenvalue weighted by atomic mass is 9.96. The van der Waals surface area contributed by atoms with E-state index in [1.165, 1.54) is 27.4 Å². The Kier molecular flexibility index (Phi) is 4.28. The molecule has 0 fully saturated rings. The summed E-state index contributed by atoms with van der Waals surface area (Å²) >= 11 is 0. The van der Waals surface area contributed by atoms with Gasteiger partial charge in [0.2, 0.25) is 0 Å². The first-order valence-corrected chi connectivity index (χ1v) is 10.8. The van der Waals surface area contributed by atoms with Gasteiger partial charge in [-0.25, -0.2) is 0 Å². The van der Waals surface area contributed by atoms with Crippen LogP contribution in [0.1, 0.15) is 23.6 Å². The maximum atomic E-state index is 5.11. The van der Waals surface area contributed by atoms with Crippen molar-refractivity contribution < 1.29 is 0 Å². The van der Waals surface area contributed by atoms with Gasteiger partial charge < -0.3 is 4.57 Å². The van der Waals surface area contributed by atoms with Crippen LogP contribution in [0, 0.1) is 0 Å². The number of hydrogen-bond donors (Lipinski definition) is 0. The fourth-order valence-electron chi connectivity index (χ4n) is 4.73. The van der Waals surface area contributed by atoms with Crippen LogP contribution in [-0.4, -0.2) is 10.3 Å². The maximum absolute atomic E-state index is 5.11. The zero-order valence-corrected chi connectivity index (χ0v) is 17.1. The van der Waals surface area contributed by atoms with Crippen LogP contribution in [0.4, 0.5) is 0 Å². The van der Waals surface area contributed by atoms with Crippen LogP contribution in [0.2, 0.25) is 0 Å². The molecule has 2 nitrogen and oxygen atoms in total. The third-order valence-electron chi connectivity index (χ3n) is 6.13. The van der Waals surface area contributed by atoms with E-state index in [0.717, 1.165) is 23.4 Å². The number of hydrogen-bond acceptors (Lipinski definition) is 1. The SMILES string of the molecule is C1=C(c2ccccc2)N=C(c2ccccc2)CC1n1c2ccccc2c2ccccc21. The van der Waals surface area contributed by atoms with Crippen molar-refractivity contribution in [2.45, 2.75) is 12.5 Å². The normalized spacial score (nSPS) is 16.3. The number of nitrogens with zero attached hydrogens (tertiary/aromatic N) is 2. The van der Waals surface area contributed by atoms with Crippen molar-refractivity contribution in [1.29, 1.82) is 0 Å². The lowest BCUT2D eigenvalue weighted by molar-refractivity contribution is 0.664. The minimum Gasteiger partial charge on any atom is -0.333 e. The first-order valence-electron chi connectivity index (χ1n) is 10.8. The second kappa shape index (κ2) is 7.41. The molecule has 2 heterocycles. The van der Waals surface area contributed by atoms with E-state index in [0.29, 0.717) is 0 Å². The highest BCUT2D eigenvalue weighted by Crippen LogP contribution is 2.37. The predicted octanol–water partition coefficient (Wildman–Crippen LogP) is 7.27. The molecule has 0 N–H and O–H groups in total. The summed E-state index contributed by atoms with van der Waals surface area (Å²) < 4.78 is 2.49. The second-order valence-electron chi connectivity index (χ2n) is 8.02. The van der Waals surface area contributed by atoms with Crippen LogP contribution in [-0.2, 0) is 0 Å². The topological polar surface area (TPSA) is 17.3 Å². The molecule has 148 valence electrons. The molecule has 0 saturated carbocycles. The van der Waals surface area contributed by atoms with Crippen LogP contribution in [0.15, 0.2) is 120 Å². The van der Waals surface area contributed by atoms with Crippen LogP contribution < -0.4 is 0 Å². The number of rotatable bonds is 3. The van der Waals surface area contributed by atoms with E-state index < -0.39 is 0 Å². The van der Waals surface area contributed by atoms with Crippen molar-refractivity contribution >= 4 is 33.2 Å². The Morgan fingerprint density at radius 3 is 1.71 bits per heavy atom. The Balaban J connectivity index is 1.58. The highest BCUT2D eigenvalue weighted by atomic mass is 15.0. The minimum absolute atomic E-state index is 0.188. The standard InChI is InChI=1S/C29H22N2/c1-3-11-21(12-4-1)26-19-23(20-27(30-26)22-13-5-2-6-14-22)31-28-17-9-7-15-24(28)25-16-8-10-18-29(25)31/h1-19,23H,20H2. The van der Waals surface area contributed by atoms with Crippen molar-refractivity contribution in [3.63, 3.8) is 0 Å². The van der Waals surface area contributed by atoms with Crippen LogP contribution >= 0.6 is 0 Å². The molecule has 0 bridgehead atoms. The number of para-hydroxylation sites is 2. The number of benzene rings is 4. The third kappa shape index (κ3) is 3.08. The van der Waals surface area contributed by atoms with E-state index in [4.69, 9.17) is 4.99 Å². The van der Waals surface area contributed by atoms with Gasteiger partial charge in [-0.15, -0.1) is 0 Å². The second-order valence-corrected chi connectivity index (χ2v) is 8.02. The number of aromatic nitrogens is 1. The molecule has 0 saturated heterocycles. The first kappa shape index (κ1) is 17.9. The Morgan fingerprint density at radius 1 is 0.581 bits per heavy atom. The molecular weight excluding hydrogens is 376 g/mol. The monoisotopic (exact) mass is 398 g/mol. The minimum atomic E-state index is 0.188. The van der Waals surface area contributed by atoms with E-state index in [2.05, 4.69) is 120 Å². The highest BCUT2D eigenvalue weighted by Gasteiger charge is 2.23. The summed E-state index contributed by atoms with van der Waals surface area (Å²) in [5, 5.41) is 2.60. The van der Waals surface area contributed by atoms with E-state index in [-0.39, 0.29) is 6.04 Å². The summed E-state index contributed by atoms with van der Waals surface area (Å²) in [4.78, 5) is 5.11. The zero-order valence-electron chi connectivity index (χ0n) is 17.1. The summed E-state index contributed by atoms with van der Waals surface area (Å²) in [5.74, 6) is 0. The Bertz CT molecular complexity index is 1390. The zero-order chi connectivity index (χ0) is 20.6. The maximum Gasteiger partial charge on any atom is 0.0686 e. The molecule has 0 radical (unpaired) electrons. The van der Waals surface area contributed by atoms with Gasteiger partial charge >= 0.3 is 0 Å². The van der Waals surface area contributed by atoms with E-state index in [1.807, 2.05) is 0 Å². The van der Waals surface area contributed by atoms with Gasteiger partial charge in [0.05, 0.1) is 17.5 Å². The van der Waals surface area contributed by atoms with E-state index in [9.17, 15) is 0 Å². The number of aliphatic imine (C=N–C) groups is 1. The lowest BCUT2D eigenvalue weighted by Gasteiger charge is -2.24. The Hall–Kier alpha value is -3.91. The van der Waals surface area contributed by atoms with Crippen LogP contribution in [0.25, 0.3) is 27.5 Å². The molecule has 1 unspecified atom stereocenters. The molecule has 0 amide bonds. The molecule has 31 heavy (non-hydrogen) atoms. The van der Waals surface area contributed by atoms with Gasteiger partial charge in [0, 0.05) is 28.2 Å². The van der Waals surface area contributed by atoms with E-state index in [1.54, 1.807) is 0 Å². The summed E-state index contributed by atoms with van der Waals surface area (Å²) in [6.07, 6.45) is 3.20. The Labute approximate surface area is 181 Å². The number of fused-ring (bicyclic) bond motifs is 3. The molecule has 1 aromatic heterocycles. The van der Waals surface area contributed by atoms with Crippen molar-refractivity contribution in [2.75, 3.05) is 0 Å². The predicted molar refractivity (Wildman–Crippen MR) is 130 cm³/mol. The summed E-state index contributed by atoms with van der Waals surface area (Å²) in [7, 11) is 0. The molecular formula is C29H22N2. The first-order chi connectivity index (χ1) is 15.4. The van der Waals surface area contributed by atoms with Gasteiger partial charge in [0.25, 0.3) is 0 Å². The van der Waals surface area contributed by atoms with Crippen molar-refractivity contribution in [3.8, 4) is 0 Å². The molecule has 1 aliphatic heterocycles.